The number of ether oxygens (including phenoxy) is 2. The molecule has 1 saturated heterocycles. The van der Waals surface area contributed by atoms with E-state index in [2.05, 4.69) is 22.6 Å². The Morgan fingerprint density at radius 1 is 1.46 bits per heavy atom. The lowest BCUT2D eigenvalue weighted by molar-refractivity contribution is -0.132. The Balaban J connectivity index is 0.000000223. The highest BCUT2D eigenvalue weighted by Crippen LogP contribution is 1.92. The first kappa shape index (κ1) is 11.2. The van der Waals surface area contributed by atoms with E-state index >= 15 is 0 Å². The molecule has 13 heavy (non-hydrogen) atoms. The zero-order chi connectivity index (χ0) is 10.3. The standard InChI is InChI=1S/C5H6O2.C3H4O3/c1-3-4(2)5(6)7;4-3-5-1-2-6-3/h3H,1-2H2,(H,6,7);1-2H2. The molecule has 0 unspecified atom stereocenters. The zero-order valence-corrected chi connectivity index (χ0v) is 6.99. The molecule has 0 atom stereocenters. The van der Waals surface area contributed by atoms with Gasteiger partial charge in [0.15, 0.2) is 0 Å². The van der Waals surface area contributed by atoms with Gasteiger partial charge in [-0.25, -0.2) is 9.59 Å². The van der Waals surface area contributed by atoms with E-state index in [0.717, 1.165) is 0 Å². The van der Waals surface area contributed by atoms with Gasteiger partial charge >= 0.3 is 12.1 Å². The molecule has 1 fully saturated rings. The Hall–Kier alpha value is -1.78. The maximum atomic E-state index is 9.80. The second kappa shape index (κ2) is 5.82. The van der Waals surface area contributed by atoms with E-state index in [1.165, 1.54) is 6.08 Å². The highest BCUT2D eigenvalue weighted by Gasteiger charge is 2.09. The number of carboxylic acid groups (broad SMARTS) is 1. The molecule has 1 N–H and O–H groups in total. The van der Waals surface area contributed by atoms with Crippen LogP contribution in [-0.4, -0.2) is 30.4 Å². The van der Waals surface area contributed by atoms with Gasteiger partial charge < -0.3 is 14.6 Å². The highest BCUT2D eigenvalue weighted by atomic mass is 16.8. The Labute approximate surface area is 75.3 Å². The Kier molecular flexibility index (Phi) is 5.02. The van der Waals surface area contributed by atoms with Crippen LogP contribution < -0.4 is 0 Å². The van der Waals surface area contributed by atoms with E-state index in [0.29, 0.717) is 13.2 Å². The molecule has 0 aromatic rings. The Morgan fingerprint density at radius 3 is 2.00 bits per heavy atom. The van der Waals surface area contributed by atoms with Crippen LogP contribution >= 0.6 is 0 Å². The summed E-state index contributed by atoms with van der Waals surface area (Å²) >= 11 is 0. The lowest BCUT2D eigenvalue weighted by Crippen LogP contribution is -1.93. The number of hydrogen-bond acceptors (Lipinski definition) is 4. The van der Waals surface area contributed by atoms with Gasteiger partial charge in [0.1, 0.15) is 13.2 Å². The van der Waals surface area contributed by atoms with Crippen LogP contribution in [0.15, 0.2) is 24.8 Å². The lowest BCUT2D eigenvalue weighted by atomic mass is 10.3. The highest BCUT2D eigenvalue weighted by molar-refractivity contribution is 5.88. The molecule has 0 spiro atoms. The fourth-order valence-corrected chi connectivity index (χ4v) is 0.379. The molecule has 72 valence electrons. The van der Waals surface area contributed by atoms with E-state index in [4.69, 9.17) is 5.11 Å². The van der Waals surface area contributed by atoms with Crippen molar-refractivity contribution in [2.24, 2.45) is 0 Å². The average Bonchev–Trinajstić information content (AvgIpc) is 2.55. The summed E-state index contributed by atoms with van der Waals surface area (Å²) < 4.78 is 8.58. The summed E-state index contributed by atoms with van der Waals surface area (Å²) in [5.74, 6) is -1.02. The molecular formula is C8H10O5. The maximum Gasteiger partial charge on any atom is 0.508 e. The summed E-state index contributed by atoms with van der Waals surface area (Å²) in [7, 11) is 0. The third kappa shape index (κ3) is 5.49. The molecule has 5 nitrogen and oxygen atoms in total. The minimum Gasteiger partial charge on any atom is -0.478 e. The van der Waals surface area contributed by atoms with Crippen molar-refractivity contribution in [2.75, 3.05) is 13.2 Å². The van der Waals surface area contributed by atoms with Gasteiger partial charge in [-0.3, -0.25) is 0 Å². The third-order valence-electron chi connectivity index (χ3n) is 1.04. The normalized spacial score (nSPS) is 13.1. The maximum absolute atomic E-state index is 9.80. The van der Waals surface area contributed by atoms with Gasteiger partial charge in [0.05, 0.1) is 5.57 Å². The Morgan fingerprint density at radius 2 is 1.92 bits per heavy atom. The lowest BCUT2D eigenvalue weighted by Gasteiger charge is -1.82. The van der Waals surface area contributed by atoms with Crippen molar-refractivity contribution in [3.05, 3.63) is 24.8 Å². The van der Waals surface area contributed by atoms with Crippen LogP contribution in [0.4, 0.5) is 4.79 Å². The summed E-state index contributed by atoms with van der Waals surface area (Å²) in [6.45, 7) is 7.19. The molecule has 1 aliphatic rings. The molecule has 0 radical (unpaired) electrons. The summed E-state index contributed by atoms with van der Waals surface area (Å²) in [6, 6.07) is 0. The molecule has 0 aliphatic carbocycles. The van der Waals surface area contributed by atoms with Gasteiger partial charge in [0.25, 0.3) is 0 Å². The minimum atomic E-state index is -1.02. The second-order valence-corrected chi connectivity index (χ2v) is 1.98. The first-order chi connectivity index (χ1) is 6.07. The SMILES string of the molecule is C=CC(=C)C(=O)O.O=C1OCCO1. The van der Waals surface area contributed by atoms with Gasteiger partial charge in [0.2, 0.25) is 0 Å². The quantitative estimate of drug-likeness (QED) is 0.395. The van der Waals surface area contributed by atoms with Crippen molar-refractivity contribution in [1.29, 1.82) is 0 Å². The molecule has 1 heterocycles. The molecule has 5 heteroatoms. The summed E-state index contributed by atoms with van der Waals surface area (Å²) in [6.07, 6.45) is 0.650. The molecular weight excluding hydrogens is 176 g/mol. The number of carbonyl (C=O) groups excluding carboxylic acids is 1. The van der Waals surface area contributed by atoms with Crippen molar-refractivity contribution in [2.45, 2.75) is 0 Å². The van der Waals surface area contributed by atoms with E-state index in [1.807, 2.05) is 0 Å². The van der Waals surface area contributed by atoms with E-state index < -0.39 is 12.1 Å². The predicted molar refractivity (Wildman–Crippen MR) is 44.3 cm³/mol. The van der Waals surface area contributed by atoms with E-state index in [9.17, 15) is 9.59 Å². The van der Waals surface area contributed by atoms with Gasteiger partial charge in [-0.15, -0.1) is 0 Å². The molecule has 0 saturated carbocycles. The second-order valence-electron chi connectivity index (χ2n) is 1.98. The number of carbonyl (C=O) groups is 2. The van der Waals surface area contributed by atoms with Crippen molar-refractivity contribution in [3.8, 4) is 0 Å². The first-order valence-electron chi connectivity index (χ1n) is 3.42. The van der Waals surface area contributed by atoms with Crippen molar-refractivity contribution in [1.82, 2.24) is 0 Å². The Bertz CT molecular complexity index is 223. The monoisotopic (exact) mass is 186 g/mol. The van der Waals surface area contributed by atoms with Crippen LogP contribution in [0.1, 0.15) is 0 Å². The van der Waals surface area contributed by atoms with Gasteiger partial charge in [-0.2, -0.15) is 0 Å². The average molecular weight is 186 g/mol. The number of cyclic esters (lactones) is 2. The number of rotatable bonds is 2. The van der Waals surface area contributed by atoms with Gasteiger partial charge in [-0.1, -0.05) is 19.2 Å². The molecule has 0 aromatic carbocycles. The van der Waals surface area contributed by atoms with Gasteiger partial charge in [0, 0.05) is 0 Å². The van der Waals surface area contributed by atoms with Crippen LogP contribution in [0.2, 0.25) is 0 Å². The fourth-order valence-electron chi connectivity index (χ4n) is 0.379. The van der Waals surface area contributed by atoms with Crippen molar-refractivity contribution in [3.63, 3.8) is 0 Å². The molecule has 1 rings (SSSR count). The fraction of sp³-hybridized carbons (Fsp3) is 0.250. The van der Waals surface area contributed by atoms with E-state index in [1.54, 1.807) is 0 Å². The summed E-state index contributed by atoms with van der Waals surface area (Å²) in [4.78, 5) is 19.6. The molecule has 0 aromatic heterocycles. The van der Waals surface area contributed by atoms with Crippen LogP contribution in [-0.2, 0) is 14.3 Å². The molecule has 0 bridgehead atoms. The molecule has 0 amide bonds. The van der Waals surface area contributed by atoms with Crippen LogP contribution in [0, 0.1) is 0 Å². The predicted octanol–water partition coefficient (Wildman–Crippen LogP) is 0.966. The van der Waals surface area contributed by atoms with Crippen molar-refractivity contribution < 1.29 is 24.2 Å². The van der Waals surface area contributed by atoms with E-state index in [-0.39, 0.29) is 5.57 Å². The van der Waals surface area contributed by atoms with Crippen LogP contribution in [0.5, 0.6) is 0 Å². The first-order valence-corrected chi connectivity index (χ1v) is 3.42. The zero-order valence-electron chi connectivity index (χ0n) is 6.99. The molecule has 1 aliphatic heterocycles. The smallest absolute Gasteiger partial charge is 0.478 e. The summed E-state index contributed by atoms with van der Waals surface area (Å²) in [5.41, 5.74) is 0.0278. The topological polar surface area (TPSA) is 72.8 Å². The largest absolute Gasteiger partial charge is 0.508 e. The van der Waals surface area contributed by atoms with Crippen LogP contribution in [0.25, 0.3) is 0 Å². The summed E-state index contributed by atoms with van der Waals surface area (Å²) in [5, 5.41) is 8.01. The minimum absolute atomic E-state index is 0.0278. The van der Waals surface area contributed by atoms with Gasteiger partial charge in [-0.05, 0) is 0 Å². The number of carboxylic acids is 1. The number of hydrogen-bond donors (Lipinski definition) is 1. The van der Waals surface area contributed by atoms with Crippen molar-refractivity contribution >= 4 is 12.1 Å². The number of aliphatic carboxylic acids is 1. The van der Waals surface area contributed by atoms with Crippen LogP contribution in [0.3, 0.4) is 0 Å². The third-order valence-corrected chi connectivity index (χ3v) is 1.04.